The topological polar surface area (TPSA) is 66.6 Å². The molecule has 5 nitrogen and oxygen atoms in total. The normalized spacial score (nSPS) is 22.4. The minimum absolute atomic E-state index is 0.290. The fourth-order valence-electron chi connectivity index (χ4n) is 3.14. The highest BCUT2D eigenvalue weighted by atomic mass is 16.2. The second-order valence-corrected chi connectivity index (χ2v) is 5.83. The van der Waals surface area contributed by atoms with Gasteiger partial charge in [0.05, 0.1) is 6.54 Å². The van der Waals surface area contributed by atoms with E-state index in [9.17, 15) is 9.59 Å². The van der Waals surface area contributed by atoms with E-state index in [0.717, 1.165) is 32.6 Å². The number of nitrogens with zero attached hydrogens (tertiary/aromatic N) is 2. The van der Waals surface area contributed by atoms with Crippen LogP contribution in [0.4, 0.5) is 0 Å². The van der Waals surface area contributed by atoms with Crippen LogP contribution in [0.25, 0.3) is 0 Å². The summed E-state index contributed by atoms with van der Waals surface area (Å²) in [4.78, 5) is 27.0. The number of hydrogen-bond donors (Lipinski definition) is 1. The molecule has 1 aliphatic carbocycles. The van der Waals surface area contributed by atoms with E-state index in [1.165, 1.54) is 32.1 Å². The van der Waals surface area contributed by atoms with Crippen molar-refractivity contribution in [1.82, 2.24) is 9.80 Å². The lowest BCUT2D eigenvalue weighted by Crippen LogP contribution is -2.50. The van der Waals surface area contributed by atoms with E-state index in [1.54, 1.807) is 0 Å². The Labute approximate surface area is 115 Å². The van der Waals surface area contributed by atoms with Gasteiger partial charge in [0.25, 0.3) is 0 Å². The zero-order valence-corrected chi connectivity index (χ0v) is 11.6. The molecule has 1 heterocycles. The summed E-state index contributed by atoms with van der Waals surface area (Å²) in [5.41, 5.74) is 5.18. The Morgan fingerprint density at radius 3 is 2.21 bits per heavy atom. The van der Waals surface area contributed by atoms with E-state index >= 15 is 0 Å². The van der Waals surface area contributed by atoms with E-state index in [1.807, 2.05) is 9.80 Å². The molecule has 1 aliphatic heterocycles. The van der Waals surface area contributed by atoms with E-state index in [-0.39, 0.29) is 5.91 Å². The van der Waals surface area contributed by atoms with E-state index in [2.05, 4.69) is 0 Å². The maximum atomic E-state index is 12.2. The molecule has 2 amide bonds. The average Bonchev–Trinajstić information content (AvgIpc) is 2.40. The van der Waals surface area contributed by atoms with Crippen LogP contribution in [-0.4, -0.2) is 54.3 Å². The molecule has 0 radical (unpaired) electrons. The summed E-state index contributed by atoms with van der Waals surface area (Å²) in [7, 11) is 0. The number of piperazine rings is 1. The van der Waals surface area contributed by atoms with Crippen LogP contribution in [0.5, 0.6) is 0 Å². The Kier molecular flexibility index (Phi) is 5.19. The predicted molar refractivity (Wildman–Crippen MR) is 73.4 cm³/mol. The van der Waals surface area contributed by atoms with Gasteiger partial charge in [0.15, 0.2) is 0 Å². The molecular weight excluding hydrogens is 242 g/mol. The summed E-state index contributed by atoms with van der Waals surface area (Å²) in [5, 5.41) is 0. The smallest absolute Gasteiger partial charge is 0.231 e. The summed E-state index contributed by atoms with van der Waals surface area (Å²) < 4.78 is 0. The van der Waals surface area contributed by atoms with Gasteiger partial charge in [-0.2, -0.15) is 0 Å². The molecule has 0 atom stereocenters. The number of nitrogens with two attached hydrogens (primary N) is 1. The fraction of sp³-hybridized carbons (Fsp3) is 0.857. The summed E-state index contributed by atoms with van der Waals surface area (Å²) in [6.07, 6.45) is 7.04. The summed E-state index contributed by atoms with van der Waals surface area (Å²) >= 11 is 0. The van der Waals surface area contributed by atoms with Gasteiger partial charge in [-0.1, -0.05) is 19.3 Å². The van der Waals surface area contributed by atoms with Crippen LogP contribution in [0.1, 0.15) is 38.5 Å². The molecule has 1 saturated carbocycles. The fourth-order valence-corrected chi connectivity index (χ4v) is 3.14. The van der Waals surface area contributed by atoms with Gasteiger partial charge in [-0.15, -0.1) is 0 Å². The van der Waals surface area contributed by atoms with Crippen LogP contribution in [0, 0.1) is 5.92 Å². The Balaban J connectivity index is 1.71. The zero-order valence-electron chi connectivity index (χ0n) is 11.6. The highest BCUT2D eigenvalue weighted by Gasteiger charge is 2.24. The van der Waals surface area contributed by atoms with Crippen molar-refractivity contribution in [3.8, 4) is 0 Å². The second-order valence-electron chi connectivity index (χ2n) is 5.83. The first-order valence-electron chi connectivity index (χ1n) is 7.43. The first kappa shape index (κ1) is 14.3. The van der Waals surface area contributed by atoms with Crippen LogP contribution in [-0.2, 0) is 9.59 Å². The second kappa shape index (κ2) is 6.89. The lowest BCUT2D eigenvalue weighted by molar-refractivity contribution is -0.134. The van der Waals surface area contributed by atoms with Gasteiger partial charge in [-0.3, -0.25) is 14.5 Å². The maximum Gasteiger partial charge on any atom is 0.231 e. The molecule has 2 fully saturated rings. The molecular formula is C14H25N3O2. The third-order valence-electron chi connectivity index (χ3n) is 4.29. The van der Waals surface area contributed by atoms with Crippen molar-refractivity contribution in [3.05, 3.63) is 0 Å². The first-order chi connectivity index (χ1) is 9.15. The Morgan fingerprint density at radius 2 is 1.63 bits per heavy atom. The van der Waals surface area contributed by atoms with Crippen molar-refractivity contribution in [2.24, 2.45) is 11.7 Å². The molecule has 0 aromatic heterocycles. The van der Waals surface area contributed by atoms with Crippen molar-refractivity contribution in [3.63, 3.8) is 0 Å². The first-order valence-corrected chi connectivity index (χ1v) is 7.43. The molecule has 2 rings (SSSR count). The van der Waals surface area contributed by atoms with Gasteiger partial charge in [0.2, 0.25) is 11.8 Å². The lowest BCUT2D eigenvalue weighted by atomic mass is 9.86. The number of rotatable bonds is 4. The molecule has 19 heavy (non-hydrogen) atoms. The monoisotopic (exact) mass is 267 g/mol. The molecule has 108 valence electrons. The minimum atomic E-state index is -0.290. The number of hydrogen-bond acceptors (Lipinski definition) is 3. The van der Waals surface area contributed by atoms with Gasteiger partial charge < -0.3 is 10.6 Å². The van der Waals surface area contributed by atoms with E-state index < -0.39 is 0 Å². The van der Waals surface area contributed by atoms with Crippen molar-refractivity contribution in [2.45, 2.75) is 38.5 Å². The summed E-state index contributed by atoms with van der Waals surface area (Å²) in [6.45, 7) is 3.31. The van der Waals surface area contributed by atoms with Gasteiger partial charge in [0.1, 0.15) is 0 Å². The van der Waals surface area contributed by atoms with Gasteiger partial charge in [0, 0.05) is 32.6 Å². The Hall–Kier alpha value is -1.10. The molecule has 1 saturated heterocycles. The lowest BCUT2D eigenvalue weighted by Gasteiger charge is -2.35. The van der Waals surface area contributed by atoms with E-state index in [0.29, 0.717) is 18.4 Å². The molecule has 5 heteroatoms. The van der Waals surface area contributed by atoms with E-state index in [4.69, 9.17) is 5.73 Å². The van der Waals surface area contributed by atoms with Crippen molar-refractivity contribution >= 4 is 11.8 Å². The number of carbonyl (C=O) groups excluding carboxylic acids is 2. The molecule has 2 aliphatic rings. The summed E-state index contributed by atoms with van der Waals surface area (Å²) in [6, 6.07) is 0. The van der Waals surface area contributed by atoms with Crippen molar-refractivity contribution in [2.75, 3.05) is 32.7 Å². The van der Waals surface area contributed by atoms with Crippen LogP contribution in [0.3, 0.4) is 0 Å². The Morgan fingerprint density at radius 1 is 1.00 bits per heavy atom. The van der Waals surface area contributed by atoms with Crippen LogP contribution < -0.4 is 5.73 Å². The average molecular weight is 267 g/mol. The van der Waals surface area contributed by atoms with Gasteiger partial charge in [-0.05, 0) is 18.8 Å². The number of carbonyl (C=O) groups is 2. The zero-order chi connectivity index (χ0) is 13.7. The number of amides is 2. The SMILES string of the molecule is NC(=O)CN1CCN(C(=O)CC2CCCCC2)CC1. The maximum absolute atomic E-state index is 12.2. The third-order valence-corrected chi connectivity index (χ3v) is 4.29. The third kappa shape index (κ3) is 4.49. The molecule has 0 aromatic carbocycles. The molecule has 0 bridgehead atoms. The molecule has 2 N–H and O–H groups in total. The largest absolute Gasteiger partial charge is 0.369 e. The Bertz CT molecular complexity index is 319. The van der Waals surface area contributed by atoms with Crippen molar-refractivity contribution < 1.29 is 9.59 Å². The highest BCUT2D eigenvalue weighted by Crippen LogP contribution is 2.26. The van der Waals surface area contributed by atoms with Gasteiger partial charge >= 0.3 is 0 Å². The molecule has 0 unspecified atom stereocenters. The molecule has 0 spiro atoms. The van der Waals surface area contributed by atoms with Crippen molar-refractivity contribution in [1.29, 1.82) is 0 Å². The predicted octanol–water partition coefficient (Wildman–Crippen LogP) is 0.586. The summed E-state index contributed by atoms with van der Waals surface area (Å²) in [5.74, 6) is 0.609. The van der Waals surface area contributed by atoms with Crippen LogP contribution >= 0.6 is 0 Å². The minimum Gasteiger partial charge on any atom is -0.369 e. The number of primary amides is 1. The molecule has 0 aromatic rings. The van der Waals surface area contributed by atoms with Gasteiger partial charge in [-0.25, -0.2) is 0 Å². The van der Waals surface area contributed by atoms with Crippen LogP contribution in [0.15, 0.2) is 0 Å². The highest BCUT2D eigenvalue weighted by molar-refractivity contribution is 5.77. The quantitative estimate of drug-likeness (QED) is 0.810. The standard InChI is InChI=1S/C14H25N3O2/c15-13(18)11-16-6-8-17(9-7-16)14(19)10-12-4-2-1-3-5-12/h12H,1-11H2,(H2,15,18). The van der Waals surface area contributed by atoms with Crippen LogP contribution in [0.2, 0.25) is 0 Å².